The number of benzene rings is 3. The molecule has 0 unspecified atom stereocenters. The largest absolute Gasteiger partial charge is 0.496 e. The van der Waals surface area contributed by atoms with Crippen molar-refractivity contribution in [1.29, 1.82) is 0 Å². The zero-order chi connectivity index (χ0) is 25.3. The van der Waals surface area contributed by atoms with Gasteiger partial charge in [-0.3, -0.25) is 14.4 Å². The predicted molar refractivity (Wildman–Crippen MR) is 130 cm³/mol. The van der Waals surface area contributed by atoms with Crippen molar-refractivity contribution in [2.24, 2.45) is 0 Å². The lowest BCUT2D eigenvalue weighted by molar-refractivity contribution is -0.133. The second-order valence-corrected chi connectivity index (χ2v) is 8.26. The van der Waals surface area contributed by atoms with Crippen LogP contribution in [-0.2, 0) is 11.2 Å². The summed E-state index contributed by atoms with van der Waals surface area (Å²) in [5, 5.41) is 0.273. The van der Waals surface area contributed by atoms with Crippen LogP contribution in [0.3, 0.4) is 0 Å². The van der Waals surface area contributed by atoms with Crippen molar-refractivity contribution < 1.29 is 27.9 Å². The predicted octanol–water partition coefficient (Wildman–Crippen LogP) is 5.92. The highest BCUT2D eigenvalue weighted by molar-refractivity contribution is 6.33. The van der Waals surface area contributed by atoms with Gasteiger partial charge >= 0.3 is 5.97 Å². The number of rotatable bonds is 6. The molecule has 0 saturated carbocycles. The van der Waals surface area contributed by atoms with E-state index in [1.54, 1.807) is 18.2 Å². The van der Waals surface area contributed by atoms with Gasteiger partial charge in [0.25, 0.3) is 0 Å². The summed E-state index contributed by atoms with van der Waals surface area (Å²) in [6.07, 6.45) is -0.143. The van der Waals surface area contributed by atoms with Gasteiger partial charge < -0.3 is 13.9 Å². The first kappa shape index (κ1) is 24.2. The number of ketones is 1. The second kappa shape index (κ2) is 9.72. The van der Waals surface area contributed by atoms with E-state index in [-0.39, 0.29) is 50.8 Å². The average molecular weight is 495 g/mol. The van der Waals surface area contributed by atoms with Crippen LogP contribution < -0.4 is 14.9 Å². The Kier molecular flexibility index (Phi) is 6.71. The van der Waals surface area contributed by atoms with Crippen LogP contribution in [0, 0.1) is 12.7 Å². The molecule has 0 N–H and O–H groups in total. The van der Waals surface area contributed by atoms with Crippen LogP contribution in [0.4, 0.5) is 4.39 Å². The van der Waals surface area contributed by atoms with E-state index >= 15 is 0 Å². The van der Waals surface area contributed by atoms with Gasteiger partial charge in [-0.2, -0.15) is 0 Å². The molecule has 4 aromatic rings. The molecule has 1 heterocycles. The second-order valence-electron chi connectivity index (χ2n) is 7.85. The molecule has 0 saturated heterocycles. The molecular formula is C27H20ClFO6. The van der Waals surface area contributed by atoms with Gasteiger partial charge in [0.1, 0.15) is 28.7 Å². The number of fused-ring (bicyclic) bond motifs is 1. The Morgan fingerprint density at radius 1 is 1.06 bits per heavy atom. The van der Waals surface area contributed by atoms with Crippen LogP contribution in [0.1, 0.15) is 28.6 Å². The maximum absolute atomic E-state index is 14.5. The third kappa shape index (κ3) is 4.81. The van der Waals surface area contributed by atoms with Gasteiger partial charge in [0.2, 0.25) is 5.43 Å². The topological polar surface area (TPSA) is 82.8 Å². The maximum Gasteiger partial charge on any atom is 0.315 e. The van der Waals surface area contributed by atoms with E-state index in [9.17, 15) is 18.8 Å². The molecule has 0 spiro atoms. The van der Waals surface area contributed by atoms with Crippen LogP contribution in [0.25, 0.3) is 22.1 Å². The van der Waals surface area contributed by atoms with E-state index < -0.39 is 17.2 Å². The summed E-state index contributed by atoms with van der Waals surface area (Å²) in [6, 6.07) is 13.3. The molecule has 3 aromatic carbocycles. The summed E-state index contributed by atoms with van der Waals surface area (Å²) in [6.45, 7) is 2.96. The highest BCUT2D eigenvalue weighted by Crippen LogP contribution is 2.33. The number of ether oxygens (including phenoxy) is 2. The molecule has 1 aromatic heterocycles. The van der Waals surface area contributed by atoms with E-state index in [2.05, 4.69) is 0 Å². The molecular weight excluding hydrogens is 475 g/mol. The summed E-state index contributed by atoms with van der Waals surface area (Å²) < 4.78 is 31.0. The Balaban J connectivity index is 1.65. The molecule has 0 aliphatic carbocycles. The minimum Gasteiger partial charge on any atom is -0.496 e. The summed E-state index contributed by atoms with van der Waals surface area (Å²) in [5.74, 6) is -0.601. The van der Waals surface area contributed by atoms with Crippen molar-refractivity contribution in [3.63, 3.8) is 0 Å². The Morgan fingerprint density at radius 2 is 1.83 bits per heavy atom. The van der Waals surface area contributed by atoms with Gasteiger partial charge in [-0.1, -0.05) is 17.7 Å². The molecule has 35 heavy (non-hydrogen) atoms. The maximum atomic E-state index is 14.5. The van der Waals surface area contributed by atoms with Crippen molar-refractivity contribution >= 4 is 34.3 Å². The number of Topliss-reactive ketones (excluding diaryl/α,β-unsaturated/α-hetero) is 1. The normalized spacial score (nSPS) is 10.9. The van der Waals surface area contributed by atoms with Crippen LogP contribution in [0.15, 0.2) is 63.8 Å². The van der Waals surface area contributed by atoms with Crippen molar-refractivity contribution in [2.75, 3.05) is 7.11 Å². The number of carbonyl (C=O) groups excluding carboxylic acids is 2. The van der Waals surface area contributed by atoms with Crippen LogP contribution >= 0.6 is 11.6 Å². The monoisotopic (exact) mass is 494 g/mol. The number of hydrogen-bond donors (Lipinski definition) is 0. The molecule has 0 aliphatic rings. The van der Waals surface area contributed by atoms with E-state index in [4.69, 9.17) is 25.5 Å². The van der Waals surface area contributed by atoms with Gasteiger partial charge in [-0.05, 0) is 56.3 Å². The van der Waals surface area contributed by atoms with Crippen LogP contribution in [0.5, 0.6) is 11.5 Å². The Labute approximate surface area is 204 Å². The van der Waals surface area contributed by atoms with Crippen LogP contribution in [-0.4, -0.2) is 18.9 Å². The molecule has 0 aliphatic heterocycles. The minimum atomic E-state index is -0.637. The summed E-state index contributed by atoms with van der Waals surface area (Å²) in [5.41, 5.74) is 0.661. The standard InChI is InChI=1S/C27H20ClFO6/c1-14(30)16-7-10-22(33-3)17(11-16)12-24(31)35-18-8-9-19-23(13-18)34-15(2)25(27(19)32)26-20(28)5-4-6-21(26)29/h4-11,13H,12H2,1-3H3. The smallest absolute Gasteiger partial charge is 0.315 e. The van der Waals surface area contributed by atoms with E-state index in [0.717, 1.165) is 0 Å². The van der Waals surface area contributed by atoms with E-state index in [1.165, 1.54) is 57.4 Å². The zero-order valence-electron chi connectivity index (χ0n) is 19.1. The van der Waals surface area contributed by atoms with Gasteiger partial charge in [0, 0.05) is 22.8 Å². The molecule has 6 nitrogen and oxygen atoms in total. The molecule has 0 bridgehead atoms. The third-order valence-electron chi connectivity index (χ3n) is 5.51. The number of aryl methyl sites for hydroxylation is 1. The van der Waals surface area contributed by atoms with Crippen molar-refractivity contribution in [3.05, 3.63) is 92.5 Å². The van der Waals surface area contributed by atoms with Crippen molar-refractivity contribution in [3.8, 4) is 22.6 Å². The van der Waals surface area contributed by atoms with Gasteiger partial charge in [0.15, 0.2) is 5.78 Å². The van der Waals surface area contributed by atoms with Crippen molar-refractivity contribution in [1.82, 2.24) is 0 Å². The SMILES string of the molecule is COc1ccc(C(C)=O)cc1CC(=O)Oc1ccc2c(=O)c(-c3c(F)cccc3Cl)c(C)oc2c1. The quantitative estimate of drug-likeness (QED) is 0.188. The summed E-state index contributed by atoms with van der Waals surface area (Å²) >= 11 is 6.15. The lowest BCUT2D eigenvalue weighted by atomic mass is 10.0. The summed E-state index contributed by atoms with van der Waals surface area (Å²) in [7, 11) is 1.47. The van der Waals surface area contributed by atoms with Gasteiger partial charge in [0.05, 0.1) is 29.5 Å². The lowest BCUT2D eigenvalue weighted by Crippen LogP contribution is -2.13. The number of hydrogen-bond acceptors (Lipinski definition) is 6. The number of esters is 1. The first-order chi connectivity index (χ1) is 16.7. The minimum absolute atomic E-state index is 0.0282. The van der Waals surface area contributed by atoms with Gasteiger partial charge in [-0.25, -0.2) is 4.39 Å². The number of carbonyl (C=O) groups is 2. The highest BCUT2D eigenvalue weighted by Gasteiger charge is 2.20. The third-order valence-corrected chi connectivity index (χ3v) is 5.82. The lowest BCUT2D eigenvalue weighted by Gasteiger charge is -2.11. The van der Waals surface area contributed by atoms with Crippen LogP contribution in [0.2, 0.25) is 5.02 Å². The van der Waals surface area contributed by atoms with Gasteiger partial charge in [-0.15, -0.1) is 0 Å². The van der Waals surface area contributed by atoms with E-state index in [0.29, 0.717) is 16.9 Å². The fourth-order valence-electron chi connectivity index (χ4n) is 3.83. The first-order valence-corrected chi connectivity index (χ1v) is 11.0. The number of halogens is 2. The Hall–Kier alpha value is -3.97. The molecule has 0 atom stereocenters. The summed E-state index contributed by atoms with van der Waals surface area (Å²) in [4.78, 5) is 37.4. The molecule has 0 radical (unpaired) electrons. The molecule has 178 valence electrons. The zero-order valence-corrected chi connectivity index (χ0v) is 19.9. The molecule has 0 fully saturated rings. The Bertz CT molecular complexity index is 1520. The molecule has 8 heteroatoms. The van der Waals surface area contributed by atoms with Crippen molar-refractivity contribution in [2.45, 2.75) is 20.3 Å². The molecule has 0 amide bonds. The highest BCUT2D eigenvalue weighted by atomic mass is 35.5. The first-order valence-electron chi connectivity index (χ1n) is 10.6. The Morgan fingerprint density at radius 3 is 2.51 bits per heavy atom. The average Bonchev–Trinajstić information content (AvgIpc) is 2.80. The number of methoxy groups -OCH3 is 1. The van der Waals surface area contributed by atoms with E-state index in [1.807, 2.05) is 0 Å². The fraction of sp³-hybridized carbons (Fsp3) is 0.148. The fourth-order valence-corrected chi connectivity index (χ4v) is 4.09. The molecule has 4 rings (SSSR count).